The van der Waals surface area contributed by atoms with Gasteiger partial charge in [-0.1, -0.05) is 6.07 Å². The molecule has 0 aromatic carbocycles. The molecule has 1 saturated heterocycles. The molecule has 76 valence electrons. The molecule has 1 atom stereocenters. The van der Waals surface area contributed by atoms with Gasteiger partial charge in [0.15, 0.2) is 0 Å². The van der Waals surface area contributed by atoms with Gasteiger partial charge in [0.05, 0.1) is 0 Å². The van der Waals surface area contributed by atoms with Gasteiger partial charge in [-0.25, -0.2) is 0 Å². The lowest BCUT2D eigenvalue weighted by Crippen LogP contribution is -2.33. The summed E-state index contributed by atoms with van der Waals surface area (Å²) in [7, 11) is 0. The van der Waals surface area contributed by atoms with Crippen LogP contribution in [-0.4, -0.2) is 24.1 Å². The van der Waals surface area contributed by atoms with Crippen LogP contribution in [0.15, 0.2) is 24.5 Å². The summed E-state index contributed by atoms with van der Waals surface area (Å²) in [5.41, 5.74) is 1.26. The van der Waals surface area contributed by atoms with Crippen molar-refractivity contribution in [2.45, 2.75) is 25.4 Å². The molecule has 3 nitrogen and oxygen atoms in total. The first kappa shape index (κ1) is 9.62. The van der Waals surface area contributed by atoms with Crippen LogP contribution in [0.1, 0.15) is 18.4 Å². The number of hydrogen-bond acceptors (Lipinski definition) is 3. The highest BCUT2D eigenvalue weighted by molar-refractivity contribution is 5.07. The van der Waals surface area contributed by atoms with Crippen LogP contribution in [0, 0.1) is 0 Å². The predicted octanol–water partition coefficient (Wildman–Crippen LogP) is 0.923. The van der Waals surface area contributed by atoms with Gasteiger partial charge in [0, 0.05) is 31.5 Å². The number of hydrogen-bond donors (Lipinski definition) is 2. The molecule has 1 fully saturated rings. The fourth-order valence-corrected chi connectivity index (χ4v) is 1.82. The Morgan fingerprint density at radius 3 is 3.29 bits per heavy atom. The summed E-state index contributed by atoms with van der Waals surface area (Å²) in [6.07, 6.45) is 6.34. The topological polar surface area (TPSA) is 37.0 Å². The van der Waals surface area contributed by atoms with Gasteiger partial charge < -0.3 is 10.6 Å². The van der Waals surface area contributed by atoms with Gasteiger partial charge in [-0.15, -0.1) is 0 Å². The third-order valence-electron chi connectivity index (χ3n) is 2.61. The highest BCUT2D eigenvalue weighted by Crippen LogP contribution is 2.03. The molecule has 14 heavy (non-hydrogen) atoms. The van der Waals surface area contributed by atoms with Crippen LogP contribution in [0.2, 0.25) is 0 Å². The zero-order valence-corrected chi connectivity index (χ0v) is 8.37. The summed E-state index contributed by atoms with van der Waals surface area (Å²) in [4.78, 5) is 4.08. The average Bonchev–Trinajstić information content (AvgIpc) is 2.72. The maximum Gasteiger partial charge on any atom is 0.0312 e. The molecule has 2 heterocycles. The van der Waals surface area contributed by atoms with E-state index in [4.69, 9.17) is 0 Å². The van der Waals surface area contributed by atoms with E-state index in [1.807, 2.05) is 18.5 Å². The highest BCUT2D eigenvalue weighted by atomic mass is 15.0. The minimum absolute atomic E-state index is 0.673. The Balaban J connectivity index is 1.67. The summed E-state index contributed by atoms with van der Waals surface area (Å²) in [5.74, 6) is 0. The molecule has 1 aliphatic heterocycles. The van der Waals surface area contributed by atoms with E-state index < -0.39 is 0 Å². The molecular formula is C11H17N3. The first-order valence-electron chi connectivity index (χ1n) is 5.28. The van der Waals surface area contributed by atoms with Crippen molar-refractivity contribution in [1.29, 1.82) is 0 Å². The fraction of sp³-hybridized carbons (Fsp3) is 0.545. The van der Waals surface area contributed by atoms with E-state index in [0.29, 0.717) is 6.04 Å². The summed E-state index contributed by atoms with van der Waals surface area (Å²) >= 11 is 0. The lowest BCUT2D eigenvalue weighted by molar-refractivity contribution is 0.535. The normalized spacial score (nSPS) is 21.3. The van der Waals surface area contributed by atoms with E-state index in [9.17, 15) is 0 Å². The van der Waals surface area contributed by atoms with E-state index in [-0.39, 0.29) is 0 Å². The second-order valence-electron chi connectivity index (χ2n) is 3.79. The maximum atomic E-state index is 4.08. The van der Waals surface area contributed by atoms with Crippen LogP contribution in [0.25, 0.3) is 0 Å². The monoisotopic (exact) mass is 191 g/mol. The summed E-state index contributed by atoms with van der Waals surface area (Å²) in [5, 5.41) is 6.91. The van der Waals surface area contributed by atoms with Crippen LogP contribution in [-0.2, 0) is 6.54 Å². The first-order valence-corrected chi connectivity index (χ1v) is 5.28. The molecule has 0 unspecified atom stereocenters. The highest BCUT2D eigenvalue weighted by Gasteiger charge is 2.12. The Morgan fingerprint density at radius 1 is 1.57 bits per heavy atom. The number of nitrogens with zero attached hydrogens (tertiary/aromatic N) is 1. The Bertz CT molecular complexity index is 254. The minimum Gasteiger partial charge on any atom is -0.313 e. The summed E-state index contributed by atoms with van der Waals surface area (Å²) < 4.78 is 0. The zero-order chi connectivity index (χ0) is 9.64. The van der Waals surface area contributed by atoms with E-state index in [1.54, 1.807) is 0 Å². The SMILES string of the molecule is c1cncc(CNC[C@H]2CCCN2)c1. The summed E-state index contributed by atoms with van der Waals surface area (Å²) in [6.45, 7) is 3.17. The molecular weight excluding hydrogens is 174 g/mol. The molecule has 0 bridgehead atoms. The van der Waals surface area contributed by atoms with Crippen molar-refractivity contribution in [2.75, 3.05) is 13.1 Å². The molecule has 2 N–H and O–H groups in total. The average molecular weight is 191 g/mol. The molecule has 0 saturated carbocycles. The van der Waals surface area contributed by atoms with Crippen LogP contribution in [0.3, 0.4) is 0 Å². The van der Waals surface area contributed by atoms with Gasteiger partial charge >= 0.3 is 0 Å². The van der Waals surface area contributed by atoms with Crippen molar-refractivity contribution in [3.05, 3.63) is 30.1 Å². The summed E-state index contributed by atoms with van der Waals surface area (Å²) in [6, 6.07) is 4.75. The van der Waals surface area contributed by atoms with Crippen molar-refractivity contribution in [2.24, 2.45) is 0 Å². The van der Waals surface area contributed by atoms with E-state index in [2.05, 4.69) is 21.7 Å². The fourth-order valence-electron chi connectivity index (χ4n) is 1.82. The Hall–Kier alpha value is -0.930. The smallest absolute Gasteiger partial charge is 0.0312 e. The third kappa shape index (κ3) is 2.79. The Labute approximate surface area is 84.9 Å². The van der Waals surface area contributed by atoms with Gasteiger partial charge in [0.25, 0.3) is 0 Å². The number of pyridine rings is 1. The number of rotatable bonds is 4. The first-order chi connectivity index (χ1) is 6.95. The maximum absolute atomic E-state index is 4.08. The number of nitrogens with one attached hydrogen (secondary N) is 2. The van der Waals surface area contributed by atoms with Crippen LogP contribution >= 0.6 is 0 Å². The standard InChI is InChI=1S/C11H17N3/c1-3-10(7-12-5-1)8-13-9-11-4-2-6-14-11/h1,3,5,7,11,13-14H,2,4,6,8-9H2/t11-/m1/s1. The van der Waals surface area contributed by atoms with Gasteiger partial charge in [-0.2, -0.15) is 0 Å². The van der Waals surface area contributed by atoms with E-state index in [1.165, 1.54) is 24.9 Å². The molecule has 3 heteroatoms. The molecule has 0 aliphatic carbocycles. The molecule has 0 radical (unpaired) electrons. The van der Waals surface area contributed by atoms with Crippen molar-refractivity contribution < 1.29 is 0 Å². The van der Waals surface area contributed by atoms with Crippen molar-refractivity contribution in [1.82, 2.24) is 15.6 Å². The van der Waals surface area contributed by atoms with Gasteiger partial charge in [0.2, 0.25) is 0 Å². The van der Waals surface area contributed by atoms with Crippen LogP contribution < -0.4 is 10.6 Å². The molecule has 1 aromatic rings. The molecule has 2 rings (SSSR count). The third-order valence-corrected chi connectivity index (χ3v) is 2.61. The lowest BCUT2D eigenvalue weighted by Gasteiger charge is -2.10. The van der Waals surface area contributed by atoms with Gasteiger partial charge in [-0.05, 0) is 31.0 Å². The second-order valence-corrected chi connectivity index (χ2v) is 3.79. The van der Waals surface area contributed by atoms with E-state index in [0.717, 1.165) is 13.1 Å². The zero-order valence-electron chi connectivity index (χ0n) is 8.37. The lowest BCUT2D eigenvalue weighted by atomic mass is 10.2. The quantitative estimate of drug-likeness (QED) is 0.743. The molecule has 0 spiro atoms. The van der Waals surface area contributed by atoms with Crippen molar-refractivity contribution in [3.63, 3.8) is 0 Å². The molecule has 0 amide bonds. The van der Waals surface area contributed by atoms with Gasteiger partial charge in [0.1, 0.15) is 0 Å². The number of aromatic nitrogens is 1. The van der Waals surface area contributed by atoms with E-state index >= 15 is 0 Å². The van der Waals surface area contributed by atoms with Crippen LogP contribution in [0.5, 0.6) is 0 Å². The second kappa shape index (κ2) is 5.08. The van der Waals surface area contributed by atoms with Gasteiger partial charge in [-0.3, -0.25) is 4.98 Å². The van der Waals surface area contributed by atoms with Crippen LogP contribution in [0.4, 0.5) is 0 Å². The Morgan fingerprint density at radius 2 is 2.57 bits per heavy atom. The molecule has 1 aliphatic rings. The minimum atomic E-state index is 0.673. The van der Waals surface area contributed by atoms with Crippen molar-refractivity contribution in [3.8, 4) is 0 Å². The largest absolute Gasteiger partial charge is 0.313 e. The van der Waals surface area contributed by atoms with Crippen molar-refractivity contribution >= 4 is 0 Å². The molecule has 1 aromatic heterocycles. The Kier molecular flexibility index (Phi) is 3.49. The predicted molar refractivity (Wildman–Crippen MR) is 57.0 cm³/mol.